The van der Waals surface area contributed by atoms with E-state index in [1.54, 1.807) is 6.20 Å². The first-order chi connectivity index (χ1) is 10.5. The van der Waals surface area contributed by atoms with Gasteiger partial charge in [0.2, 0.25) is 0 Å². The number of aryl methyl sites for hydroxylation is 1. The number of hydrogen-bond acceptors (Lipinski definition) is 4. The maximum absolute atomic E-state index is 12.9. The van der Waals surface area contributed by atoms with E-state index in [0.29, 0.717) is 5.56 Å². The van der Waals surface area contributed by atoms with Crippen LogP contribution >= 0.6 is 24.8 Å². The third-order valence-corrected chi connectivity index (χ3v) is 4.24. The molecule has 3 heterocycles. The molecule has 1 amide bonds. The second-order valence-corrected chi connectivity index (χ2v) is 6.36. The zero-order valence-electron chi connectivity index (χ0n) is 14.2. The summed E-state index contributed by atoms with van der Waals surface area (Å²) in [5.74, 6) is 0.0608. The molecule has 1 aliphatic heterocycles. The molecule has 2 aromatic rings. The van der Waals surface area contributed by atoms with Crippen molar-refractivity contribution < 1.29 is 4.79 Å². The standard InChI is InChI=1S/C16H23N5O.2ClH/c1-10(2)21-15-14(9-18-21)13(8-11(3)19-15)16(22)20-6-4-12(17)5-7-20;;/h8-10,12H,4-7,17H2,1-3H3;2*1H. The van der Waals surface area contributed by atoms with Crippen molar-refractivity contribution >= 4 is 41.8 Å². The lowest BCUT2D eigenvalue weighted by Crippen LogP contribution is -2.42. The highest BCUT2D eigenvalue weighted by molar-refractivity contribution is 6.05. The van der Waals surface area contributed by atoms with Crippen molar-refractivity contribution in [3.05, 3.63) is 23.5 Å². The lowest BCUT2D eigenvalue weighted by molar-refractivity contribution is 0.0716. The van der Waals surface area contributed by atoms with E-state index in [4.69, 9.17) is 5.73 Å². The number of pyridine rings is 1. The summed E-state index contributed by atoms with van der Waals surface area (Å²) >= 11 is 0. The molecule has 0 radical (unpaired) electrons. The Hall–Kier alpha value is -1.37. The van der Waals surface area contributed by atoms with Crippen LogP contribution in [0.5, 0.6) is 0 Å². The smallest absolute Gasteiger partial charge is 0.254 e. The Labute approximate surface area is 154 Å². The number of rotatable bonds is 2. The van der Waals surface area contributed by atoms with Crippen molar-refractivity contribution in [1.82, 2.24) is 19.7 Å². The molecule has 24 heavy (non-hydrogen) atoms. The summed E-state index contributed by atoms with van der Waals surface area (Å²) in [5, 5.41) is 5.23. The van der Waals surface area contributed by atoms with Crippen molar-refractivity contribution in [2.75, 3.05) is 13.1 Å². The molecule has 0 saturated carbocycles. The van der Waals surface area contributed by atoms with Gasteiger partial charge in [-0.3, -0.25) is 4.79 Å². The van der Waals surface area contributed by atoms with E-state index in [9.17, 15) is 4.79 Å². The summed E-state index contributed by atoms with van der Waals surface area (Å²) in [4.78, 5) is 19.3. The van der Waals surface area contributed by atoms with Crippen LogP contribution in [0.3, 0.4) is 0 Å². The summed E-state index contributed by atoms with van der Waals surface area (Å²) in [6.07, 6.45) is 3.49. The fourth-order valence-corrected chi connectivity index (χ4v) is 2.97. The Bertz CT molecular complexity index is 708. The van der Waals surface area contributed by atoms with Crippen LogP contribution in [0, 0.1) is 6.92 Å². The van der Waals surface area contributed by atoms with Gasteiger partial charge in [-0.1, -0.05) is 0 Å². The predicted molar refractivity (Wildman–Crippen MR) is 100 cm³/mol. The Morgan fingerprint density at radius 1 is 1.29 bits per heavy atom. The molecule has 0 unspecified atom stereocenters. The molecule has 3 rings (SSSR count). The van der Waals surface area contributed by atoms with Gasteiger partial charge in [-0.2, -0.15) is 5.10 Å². The topological polar surface area (TPSA) is 77.0 Å². The number of piperidine rings is 1. The number of carbonyl (C=O) groups excluding carboxylic acids is 1. The number of nitrogens with two attached hydrogens (primary N) is 1. The highest BCUT2D eigenvalue weighted by Crippen LogP contribution is 2.23. The van der Waals surface area contributed by atoms with Gasteiger partial charge < -0.3 is 10.6 Å². The van der Waals surface area contributed by atoms with Crippen molar-refractivity contribution in [3.63, 3.8) is 0 Å². The second kappa shape index (κ2) is 8.14. The molecule has 0 spiro atoms. The first-order valence-corrected chi connectivity index (χ1v) is 7.87. The molecule has 1 saturated heterocycles. The maximum atomic E-state index is 12.9. The monoisotopic (exact) mass is 373 g/mol. The van der Waals surface area contributed by atoms with E-state index in [0.717, 1.165) is 42.7 Å². The summed E-state index contributed by atoms with van der Waals surface area (Å²) in [5.41, 5.74) is 8.25. The molecule has 8 heteroatoms. The molecule has 2 aromatic heterocycles. The molecule has 0 aromatic carbocycles. The van der Waals surface area contributed by atoms with Crippen molar-refractivity contribution in [2.24, 2.45) is 5.73 Å². The van der Waals surface area contributed by atoms with Gasteiger partial charge in [0.1, 0.15) is 0 Å². The fourth-order valence-electron chi connectivity index (χ4n) is 2.97. The van der Waals surface area contributed by atoms with Gasteiger partial charge in [0.05, 0.1) is 17.1 Å². The maximum Gasteiger partial charge on any atom is 0.254 e. The van der Waals surface area contributed by atoms with E-state index >= 15 is 0 Å². The average molecular weight is 374 g/mol. The van der Waals surface area contributed by atoms with Gasteiger partial charge in [0.25, 0.3) is 5.91 Å². The Balaban J connectivity index is 0.00000144. The molecule has 6 nitrogen and oxygen atoms in total. The molecular formula is C16H25Cl2N5O. The van der Waals surface area contributed by atoms with Crippen LogP contribution in [0.2, 0.25) is 0 Å². The van der Waals surface area contributed by atoms with Gasteiger partial charge >= 0.3 is 0 Å². The molecule has 134 valence electrons. The largest absolute Gasteiger partial charge is 0.339 e. The normalized spacial score (nSPS) is 15.3. The summed E-state index contributed by atoms with van der Waals surface area (Å²) in [6, 6.07) is 2.29. The van der Waals surface area contributed by atoms with E-state index in [1.165, 1.54) is 0 Å². The molecule has 1 aliphatic rings. The number of carbonyl (C=O) groups is 1. The zero-order chi connectivity index (χ0) is 15.9. The quantitative estimate of drug-likeness (QED) is 0.877. The van der Waals surface area contributed by atoms with Gasteiger partial charge in [0.15, 0.2) is 5.65 Å². The minimum atomic E-state index is 0. The number of amides is 1. The van der Waals surface area contributed by atoms with Gasteiger partial charge in [-0.05, 0) is 39.7 Å². The number of hydrogen-bond donors (Lipinski definition) is 1. The van der Waals surface area contributed by atoms with E-state index in [1.807, 2.05) is 22.6 Å². The summed E-state index contributed by atoms with van der Waals surface area (Å²) in [6.45, 7) is 7.48. The first kappa shape index (κ1) is 20.7. The number of fused-ring (bicyclic) bond motifs is 1. The predicted octanol–water partition coefficient (Wildman–Crippen LogP) is 2.73. The van der Waals surface area contributed by atoms with Crippen LogP contribution in [0.1, 0.15) is 48.8 Å². The minimum absolute atomic E-state index is 0. The fraction of sp³-hybridized carbons (Fsp3) is 0.562. The number of likely N-dealkylation sites (tertiary alicyclic amines) is 1. The molecule has 0 aliphatic carbocycles. The summed E-state index contributed by atoms with van der Waals surface area (Å²) in [7, 11) is 0. The van der Waals surface area contributed by atoms with Crippen LogP contribution in [0.15, 0.2) is 12.3 Å². The average Bonchev–Trinajstić information content (AvgIpc) is 2.90. The first-order valence-electron chi connectivity index (χ1n) is 7.87. The molecule has 1 fully saturated rings. The van der Waals surface area contributed by atoms with Crippen LogP contribution in [0.25, 0.3) is 11.0 Å². The van der Waals surface area contributed by atoms with Gasteiger partial charge in [0, 0.05) is 30.9 Å². The van der Waals surface area contributed by atoms with E-state index in [-0.39, 0.29) is 42.8 Å². The number of halogens is 2. The van der Waals surface area contributed by atoms with Gasteiger partial charge in [-0.25, -0.2) is 9.67 Å². The van der Waals surface area contributed by atoms with Crippen molar-refractivity contribution in [3.8, 4) is 0 Å². The Kier molecular flexibility index (Phi) is 7.01. The Morgan fingerprint density at radius 3 is 2.50 bits per heavy atom. The lowest BCUT2D eigenvalue weighted by atomic mass is 10.0. The zero-order valence-corrected chi connectivity index (χ0v) is 15.9. The highest BCUT2D eigenvalue weighted by atomic mass is 35.5. The number of aromatic nitrogens is 3. The van der Waals surface area contributed by atoms with Gasteiger partial charge in [-0.15, -0.1) is 24.8 Å². The highest BCUT2D eigenvalue weighted by Gasteiger charge is 2.24. The van der Waals surface area contributed by atoms with Crippen LogP contribution in [-0.4, -0.2) is 44.7 Å². The van der Waals surface area contributed by atoms with Crippen LogP contribution < -0.4 is 5.73 Å². The van der Waals surface area contributed by atoms with E-state index < -0.39 is 0 Å². The minimum Gasteiger partial charge on any atom is -0.339 e. The lowest BCUT2D eigenvalue weighted by Gasteiger charge is -2.30. The van der Waals surface area contributed by atoms with Crippen LogP contribution in [-0.2, 0) is 0 Å². The molecule has 0 atom stereocenters. The third-order valence-electron chi connectivity index (χ3n) is 4.24. The molecule has 2 N–H and O–H groups in total. The van der Waals surface area contributed by atoms with Crippen LogP contribution in [0.4, 0.5) is 0 Å². The third kappa shape index (κ3) is 3.82. The summed E-state index contributed by atoms with van der Waals surface area (Å²) < 4.78 is 1.87. The van der Waals surface area contributed by atoms with Crippen molar-refractivity contribution in [1.29, 1.82) is 0 Å². The molecule has 0 bridgehead atoms. The molecular weight excluding hydrogens is 349 g/mol. The SMILES string of the molecule is Cc1cc(C(=O)N2CCC(N)CC2)c2cnn(C(C)C)c2n1.Cl.Cl. The van der Waals surface area contributed by atoms with Crippen molar-refractivity contribution in [2.45, 2.75) is 45.7 Å². The second-order valence-electron chi connectivity index (χ2n) is 6.36. The van der Waals surface area contributed by atoms with E-state index in [2.05, 4.69) is 23.9 Å². The Morgan fingerprint density at radius 2 is 1.92 bits per heavy atom. The number of nitrogens with zero attached hydrogens (tertiary/aromatic N) is 4.